The van der Waals surface area contributed by atoms with E-state index in [4.69, 9.17) is 28.9 Å². The first kappa shape index (κ1) is 13.6. The highest BCUT2D eigenvalue weighted by Crippen LogP contribution is 2.32. The molecule has 0 aliphatic rings. The molecule has 0 saturated heterocycles. The van der Waals surface area contributed by atoms with Gasteiger partial charge in [-0.3, -0.25) is 0 Å². The molecule has 0 spiro atoms. The van der Waals surface area contributed by atoms with Crippen LogP contribution in [0.5, 0.6) is 0 Å². The Bertz CT molecular complexity index is 570. The molecule has 2 rings (SSSR count). The van der Waals surface area contributed by atoms with E-state index < -0.39 is 0 Å². The van der Waals surface area contributed by atoms with E-state index in [1.807, 2.05) is 37.3 Å². The minimum atomic E-state index is 0.656. The quantitative estimate of drug-likeness (QED) is 0.624. The maximum atomic E-state index is 6.14. The minimum absolute atomic E-state index is 0.656. The molecule has 4 heteroatoms. The third-order valence-corrected chi connectivity index (χ3v) is 4.39. The van der Waals surface area contributed by atoms with Gasteiger partial charge in [0.25, 0.3) is 0 Å². The van der Waals surface area contributed by atoms with Crippen LogP contribution in [-0.2, 0) is 5.75 Å². The van der Waals surface area contributed by atoms with E-state index in [0.29, 0.717) is 10.0 Å². The van der Waals surface area contributed by atoms with Gasteiger partial charge < -0.3 is 5.73 Å². The van der Waals surface area contributed by atoms with E-state index in [-0.39, 0.29) is 0 Å². The standard InChI is InChI=1S/C14H13Cl2NS/c1-9-3-2-4-13(14(9)17)18-8-10-5-6-11(15)7-12(10)16/h2-7H,8,17H2,1H3. The number of nitrogens with two attached hydrogens (primary N) is 1. The topological polar surface area (TPSA) is 26.0 Å². The summed E-state index contributed by atoms with van der Waals surface area (Å²) >= 11 is 13.7. The molecule has 2 N–H and O–H groups in total. The van der Waals surface area contributed by atoms with Crippen molar-refractivity contribution in [3.8, 4) is 0 Å². The zero-order valence-corrected chi connectivity index (χ0v) is 12.2. The second-order valence-corrected chi connectivity index (χ2v) is 5.87. The Balaban J connectivity index is 2.14. The number of hydrogen-bond acceptors (Lipinski definition) is 2. The number of hydrogen-bond donors (Lipinski definition) is 1. The van der Waals surface area contributed by atoms with Crippen molar-refractivity contribution in [1.29, 1.82) is 0 Å². The van der Waals surface area contributed by atoms with Gasteiger partial charge in [-0.25, -0.2) is 0 Å². The maximum absolute atomic E-state index is 6.14. The molecule has 0 saturated carbocycles. The third-order valence-electron chi connectivity index (χ3n) is 2.68. The van der Waals surface area contributed by atoms with Gasteiger partial charge in [0.15, 0.2) is 0 Å². The number of thioether (sulfide) groups is 1. The highest BCUT2D eigenvalue weighted by molar-refractivity contribution is 7.98. The molecule has 0 fully saturated rings. The summed E-state index contributed by atoms with van der Waals surface area (Å²) in [6.45, 7) is 2.01. The monoisotopic (exact) mass is 297 g/mol. The van der Waals surface area contributed by atoms with Gasteiger partial charge in [0, 0.05) is 26.4 Å². The van der Waals surface area contributed by atoms with Crippen LogP contribution in [0, 0.1) is 6.92 Å². The summed E-state index contributed by atoms with van der Waals surface area (Å²) in [5, 5.41) is 1.35. The summed E-state index contributed by atoms with van der Waals surface area (Å²) in [6, 6.07) is 11.6. The first-order valence-corrected chi connectivity index (χ1v) is 7.24. The highest BCUT2D eigenvalue weighted by atomic mass is 35.5. The van der Waals surface area contributed by atoms with Crippen molar-refractivity contribution in [3.05, 3.63) is 57.6 Å². The van der Waals surface area contributed by atoms with Gasteiger partial charge in [-0.2, -0.15) is 0 Å². The van der Waals surface area contributed by atoms with Gasteiger partial charge in [-0.05, 0) is 36.2 Å². The van der Waals surface area contributed by atoms with Crippen molar-refractivity contribution in [2.75, 3.05) is 5.73 Å². The Labute approximate surface area is 121 Å². The summed E-state index contributed by atoms with van der Waals surface area (Å²) in [6.07, 6.45) is 0. The maximum Gasteiger partial charge on any atom is 0.0482 e. The summed E-state index contributed by atoms with van der Waals surface area (Å²) < 4.78 is 0. The molecule has 0 aromatic heterocycles. The zero-order valence-electron chi connectivity index (χ0n) is 9.91. The van der Waals surface area contributed by atoms with E-state index in [0.717, 1.165) is 27.5 Å². The fourth-order valence-corrected chi connectivity index (χ4v) is 3.18. The van der Waals surface area contributed by atoms with Gasteiger partial charge in [-0.15, -0.1) is 11.8 Å². The number of para-hydroxylation sites is 1. The summed E-state index contributed by atoms with van der Waals surface area (Å²) in [5.74, 6) is 0.781. The SMILES string of the molecule is Cc1cccc(SCc2ccc(Cl)cc2Cl)c1N. The van der Waals surface area contributed by atoms with Gasteiger partial charge in [0.2, 0.25) is 0 Å². The molecule has 0 atom stereocenters. The Morgan fingerprint density at radius 2 is 1.94 bits per heavy atom. The van der Waals surface area contributed by atoms with Crippen LogP contribution in [0.2, 0.25) is 10.0 Å². The number of aryl methyl sites for hydroxylation is 1. The van der Waals surface area contributed by atoms with Gasteiger partial charge >= 0.3 is 0 Å². The molecule has 0 aliphatic heterocycles. The fraction of sp³-hybridized carbons (Fsp3) is 0.143. The van der Waals surface area contributed by atoms with Crippen molar-refractivity contribution in [1.82, 2.24) is 0 Å². The number of halogens is 2. The van der Waals surface area contributed by atoms with Crippen LogP contribution in [0.4, 0.5) is 5.69 Å². The highest BCUT2D eigenvalue weighted by Gasteiger charge is 2.05. The third kappa shape index (κ3) is 3.14. The number of benzene rings is 2. The Hall–Kier alpha value is -0.830. The lowest BCUT2D eigenvalue weighted by molar-refractivity contribution is 1.34. The molecular formula is C14H13Cl2NS. The molecule has 0 aliphatic carbocycles. The lowest BCUT2D eigenvalue weighted by Crippen LogP contribution is -1.92. The van der Waals surface area contributed by atoms with Crippen molar-refractivity contribution in [2.24, 2.45) is 0 Å². The van der Waals surface area contributed by atoms with Crippen LogP contribution < -0.4 is 5.73 Å². The van der Waals surface area contributed by atoms with Crippen molar-refractivity contribution in [2.45, 2.75) is 17.6 Å². The van der Waals surface area contributed by atoms with Crippen molar-refractivity contribution >= 4 is 40.7 Å². The lowest BCUT2D eigenvalue weighted by atomic mass is 10.2. The van der Waals surface area contributed by atoms with E-state index in [2.05, 4.69) is 0 Å². The molecule has 18 heavy (non-hydrogen) atoms. The molecule has 0 unspecified atom stereocenters. The molecule has 0 radical (unpaired) electrons. The normalized spacial score (nSPS) is 10.6. The molecule has 0 amide bonds. The summed E-state index contributed by atoms with van der Waals surface area (Å²) in [4.78, 5) is 1.08. The van der Waals surface area contributed by atoms with Gasteiger partial charge in [0.05, 0.1) is 0 Å². The zero-order chi connectivity index (χ0) is 13.1. The molecule has 2 aromatic rings. The Kier molecular flexibility index (Phi) is 4.44. The fourth-order valence-electron chi connectivity index (χ4n) is 1.57. The van der Waals surface area contributed by atoms with Crippen LogP contribution in [0.15, 0.2) is 41.3 Å². The van der Waals surface area contributed by atoms with Gasteiger partial charge in [0.1, 0.15) is 0 Å². The van der Waals surface area contributed by atoms with E-state index in [9.17, 15) is 0 Å². The first-order chi connectivity index (χ1) is 8.58. The summed E-state index contributed by atoms with van der Waals surface area (Å²) in [7, 11) is 0. The van der Waals surface area contributed by atoms with Crippen LogP contribution >= 0.6 is 35.0 Å². The molecule has 2 aromatic carbocycles. The van der Waals surface area contributed by atoms with Crippen molar-refractivity contribution in [3.63, 3.8) is 0 Å². The number of rotatable bonds is 3. The first-order valence-electron chi connectivity index (χ1n) is 5.50. The molecule has 1 nitrogen and oxygen atoms in total. The number of anilines is 1. The minimum Gasteiger partial charge on any atom is -0.398 e. The average molecular weight is 298 g/mol. The molecule has 94 valence electrons. The van der Waals surface area contributed by atoms with E-state index in [1.54, 1.807) is 17.8 Å². The second kappa shape index (κ2) is 5.87. The van der Waals surface area contributed by atoms with Crippen LogP contribution in [-0.4, -0.2) is 0 Å². The average Bonchev–Trinajstić information content (AvgIpc) is 2.33. The number of nitrogen functional groups attached to an aromatic ring is 1. The molecule has 0 heterocycles. The second-order valence-electron chi connectivity index (χ2n) is 4.01. The summed E-state index contributed by atoms with van der Waals surface area (Å²) in [5.41, 5.74) is 9.04. The molecular weight excluding hydrogens is 285 g/mol. The van der Waals surface area contributed by atoms with Gasteiger partial charge in [-0.1, -0.05) is 41.4 Å². The van der Waals surface area contributed by atoms with Crippen LogP contribution in [0.3, 0.4) is 0 Å². The van der Waals surface area contributed by atoms with Crippen molar-refractivity contribution < 1.29 is 0 Å². The van der Waals surface area contributed by atoms with Crippen LogP contribution in [0.1, 0.15) is 11.1 Å². The largest absolute Gasteiger partial charge is 0.398 e. The van der Waals surface area contributed by atoms with Crippen LogP contribution in [0.25, 0.3) is 0 Å². The predicted octanol–water partition coefficient (Wildman–Crippen LogP) is 5.18. The van der Waals surface area contributed by atoms with E-state index in [1.165, 1.54) is 0 Å². The predicted molar refractivity (Wildman–Crippen MR) is 81.6 cm³/mol. The smallest absolute Gasteiger partial charge is 0.0482 e. The Morgan fingerprint density at radius 1 is 1.17 bits per heavy atom. The lowest BCUT2D eigenvalue weighted by Gasteiger charge is -2.09. The van der Waals surface area contributed by atoms with E-state index >= 15 is 0 Å². The molecule has 0 bridgehead atoms. The Morgan fingerprint density at radius 3 is 2.67 bits per heavy atom.